The molecule has 1 rings (SSSR count). The van der Waals surface area contributed by atoms with Gasteiger partial charge in [0.05, 0.1) is 6.61 Å². The molecule has 3 nitrogen and oxygen atoms in total. The first-order valence-corrected chi connectivity index (χ1v) is 6.20. The van der Waals surface area contributed by atoms with E-state index in [2.05, 4.69) is 25.7 Å². The van der Waals surface area contributed by atoms with Crippen molar-refractivity contribution in [2.45, 2.75) is 45.7 Å². The average molecular weight is 214 g/mol. The minimum absolute atomic E-state index is 0.112. The van der Waals surface area contributed by atoms with Crippen LogP contribution in [0.5, 0.6) is 0 Å². The zero-order valence-electron chi connectivity index (χ0n) is 10.3. The molecule has 1 fully saturated rings. The van der Waals surface area contributed by atoms with Crippen molar-refractivity contribution in [2.75, 3.05) is 19.7 Å². The van der Waals surface area contributed by atoms with Crippen molar-refractivity contribution < 1.29 is 5.11 Å². The molecule has 0 aromatic rings. The second-order valence-electron chi connectivity index (χ2n) is 5.11. The van der Waals surface area contributed by atoms with Crippen molar-refractivity contribution in [2.24, 2.45) is 17.6 Å². The van der Waals surface area contributed by atoms with Crippen LogP contribution in [0.2, 0.25) is 0 Å². The maximum Gasteiger partial charge on any atom is 0.0601 e. The van der Waals surface area contributed by atoms with E-state index in [4.69, 9.17) is 5.73 Å². The van der Waals surface area contributed by atoms with Crippen LogP contribution < -0.4 is 5.73 Å². The highest BCUT2D eigenvalue weighted by Gasteiger charge is 2.31. The maximum absolute atomic E-state index is 9.39. The van der Waals surface area contributed by atoms with Crippen LogP contribution in [0.15, 0.2) is 0 Å². The fraction of sp³-hybridized carbons (Fsp3) is 1.00. The van der Waals surface area contributed by atoms with Gasteiger partial charge in [-0.3, -0.25) is 4.90 Å². The highest BCUT2D eigenvalue weighted by Crippen LogP contribution is 2.25. The van der Waals surface area contributed by atoms with Gasteiger partial charge in [-0.15, -0.1) is 0 Å². The summed E-state index contributed by atoms with van der Waals surface area (Å²) in [6.45, 7) is 9.05. The lowest BCUT2D eigenvalue weighted by Crippen LogP contribution is -2.49. The molecule has 0 radical (unpaired) electrons. The molecule has 0 spiro atoms. The first-order chi connectivity index (χ1) is 7.10. The van der Waals surface area contributed by atoms with E-state index < -0.39 is 0 Å². The summed E-state index contributed by atoms with van der Waals surface area (Å²) in [7, 11) is 0. The minimum Gasteiger partial charge on any atom is -0.395 e. The molecule has 1 saturated heterocycles. The molecule has 15 heavy (non-hydrogen) atoms. The van der Waals surface area contributed by atoms with Crippen LogP contribution in [0, 0.1) is 11.8 Å². The number of aliphatic hydroxyl groups excluding tert-OH is 1. The Morgan fingerprint density at radius 3 is 2.53 bits per heavy atom. The molecular formula is C12H26N2O. The van der Waals surface area contributed by atoms with Crippen molar-refractivity contribution in [1.82, 2.24) is 4.90 Å². The van der Waals surface area contributed by atoms with Crippen molar-refractivity contribution in [3.05, 3.63) is 0 Å². The van der Waals surface area contributed by atoms with Gasteiger partial charge in [0, 0.05) is 18.6 Å². The molecule has 3 heteroatoms. The third-order valence-corrected chi connectivity index (χ3v) is 3.82. The van der Waals surface area contributed by atoms with Gasteiger partial charge in [-0.1, -0.05) is 20.8 Å². The van der Waals surface area contributed by atoms with Gasteiger partial charge in [0.25, 0.3) is 0 Å². The molecule has 3 unspecified atom stereocenters. The van der Waals surface area contributed by atoms with Gasteiger partial charge in [-0.25, -0.2) is 0 Å². The molecule has 0 aromatic carbocycles. The quantitative estimate of drug-likeness (QED) is 0.719. The van der Waals surface area contributed by atoms with Gasteiger partial charge in [-0.2, -0.15) is 0 Å². The Labute approximate surface area is 93.6 Å². The van der Waals surface area contributed by atoms with E-state index in [9.17, 15) is 5.11 Å². The summed E-state index contributed by atoms with van der Waals surface area (Å²) in [4.78, 5) is 2.37. The fourth-order valence-electron chi connectivity index (χ4n) is 2.45. The smallest absolute Gasteiger partial charge is 0.0601 e. The van der Waals surface area contributed by atoms with E-state index in [0.29, 0.717) is 0 Å². The third kappa shape index (κ3) is 3.16. The summed E-state index contributed by atoms with van der Waals surface area (Å²) in [6, 6.07) is 0.277. The molecule has 0 aromatic heterocycles. The Kier molecular flexibility index (Phi) is 5.03. The molecular weight excluding hydrogens is 188 g/mol. The van der Waals surface area contributed by atoms with Crippen LogP contribution in [0.25, 0.3) is 0 Å². The van der Waals surface area contributed by atoms with Gasteiger partial charge in [0.1, 0.15) is 0 Å². The molecule has 90 valence electrons. The predicted octanol–water partition coefficient (Wildman–Crippen LogP) is 1.06. The van der Waals surface area contributed by atoms with Gasteiger partial charge < -0.3 is 10.8 Å². The molecule has 0 amide bonds. The van der Waals surface area contributed by atoms with Crippen molar-refractivity contribution in [1.29, 1.82) is 0 Å². The van der Waals surface area contributed by atoms with Crippen LogP contribution in [-0.4, -0.2) is 41.8 Å². The summed E-state index contributed by atoms with van der Waals surface area (Å²) in [5, 5.41) is 9.39. The maximum atomic E-state index is 9.39. The second-order valence-corrected chi connectivity index (χ2v) is 5.11. The van der Waals surface area contributed by atoms with Crippen molar-refractivity contribution in [3.8, 4) is 0 Å². The van der Waals surface area contributed by atoms with Gasteiger partial charge in [0.2, 0.25) is 0 Å². The van der Waals surface area contributed by atoms with E-state index in [1.165, 1.54) is 6.42 Å². The number of nitrogens with two attached hydrogens (primary N) is 1. The van der Waals surface area contributed by atoms with Gasteiger partial charge >= 0.3 is 0 Å². The second kappa shape index (κ2) is 5.83. The lowest BCUT2D eigenvalue weighted by molar-refractivity contribution is 0.118. The lowest BCUT2D eigenvalue weighted by atomic mass is 9.95. The fourth-order valence-corrected chi connectivity index (χ4v) is 2.45. The molecule has 0 bridgehead atoms. The number of hydrogen-bond acceptors (Lipinski definition) is 3. The highest BCUT2D eigenvalue weighted by molar-refractivity contribution is 4.87. The highest BCUT2D eigenvalue weighted by atomic mass is 16.3. The largest absolute Gasteiger partial charge is 0.395 e. The summed E-state index contributed by atoms with van der Waals surface area (Å²) >= 11 is 0. The van der Waals surface area contributed by atoms with E-state index in [1.54, 1.807) is 0 Å². The van der Waals surface area contributed by atoms with Gasteiger partial charge in [0.15, 0.2) is 0 Å². The van der Waals surface area contributed by atoms with Crippen LogP contribution in [0.3, 0.4) is 0 Å². The molecule has 0 aliphatic carbocycles. The summed E-state index contributed by atoms with van der Waals surface area (Å²) in [6.07, 6.45) is 2.19. The topological polar surface area (TPSA) is 49.5 Å². The van der Waals surface area contributed by atoms with E-state index in [0.717, 1.165) is 31.3 Å². The van der Waals surface area contributed by atoms with E-state index in [-0.39, 0.29) is 18.7 Å². The normalized spacial score (nSPS) is 27.2. The monoisotopic (exact) mass is 214 g/mol. The molecule has 1 heterocycles. The SMILES string of the molecule is CCC(N)C(CO)N1CCC(C(C)C)C1. The Hall–Kier alpha value is -0.120. The first kappa shape index (κ1) is 12.9. The zero-order valence-corrected chi connectivity index (χ0v) is 10.3. The number of likely N-dealkylation sites (tertiary alicyclic amines) is 1. The summed E-state index contributed by atoms with van der Waals surface area (Å²) in [5.74, 6) is 1.52. The first-order valence-electron chi connectivity index (χ1n) is 6.20. The Morgan fingerprint density at radius 1 is 1.47 bits per heavy atom. The van der Waals surface area contributed by atoms with Crippen LogP contribution >= 0.6 is 0 Å². The van der Waals surface area contributed by atoms with E-state index in [1.807, 2.05) is 0 Å². The molecule has 3 N–H and O–H groups in total. The van der Waals surface area contributed by atoms with Crippen LogP contribution in [0.1, 0.15) is 33.6 Å². The Bertz CT molecular complexity index is 184. The Morgan fingerprint density at radius 2 is 2.13 bits per heavy atom. The minimum atomic E-state index is 0.112. The summed E-state index contributed by atoms with van der Waals surface area (Å²) in [5.41, 5.74) is 6.03. The number of nitrogens with zero attached hydrogens (tertiary/aromatic N) is 1. The van der Waals surface area contributed by atoms with Crippen LogP contribution in [-0.2, 0) is 0 Å². The summed E-state index contributed by atoms with van der Waals surface area (Å²) < 4.78 is 0. The van der Waals surface area contributed by atoms with Crippen molar-refractivity contribution in [3.63, 3.8) is 0 Å². The number of rotatable bonds is 5. The lowest BCUT2D eigenvalue weighted by Gasteiger charge is -2.31. The Balaban J connectivity index is 2.50. The molecule has 3 atom stereocenters. The standard InChI is InChI=1S/C12H26N2O/c1-4-11(13)12(8-15)14-6-5-10(7-14)9(2)3/h9-12,15H,4-8,13H2,1-3H3. The predicted molar refractivity (Wildman–Crippen MR) is 63.7 cm³/mol. The van der Waals surface area contributed by atoms with Crippen LogP contribution in [0.4, 0.5) is 0 Å². The van der Waals surface area contributed by atoms with E-state index >= 15 is 0 Å². The van der Waals surface area contributed by atoms with Gasteiger partial charge in [-0.05, 0) is 31.2 Å². The number of hydrogen-bond donors (Lipinski definition) is 2. The molecule has 1 aliphatic rings. The van der Waals surface area contributed by atoms with Crippen molar-refractivity contribution >= 4 is 0 Å². The number of aliphatic hydroxyl groups is 1. The average Bonchev–Trinajstić information content (AvgIpc) is 2.68. The third-order valence-electron chi connectivity index (χ3n) is 3.82. The molecule has 1 aliphatic heterocycles. The zero-order chi connectivity index (χ0) is 11.4. The molecule has 0 saturated carbocycles.